The number of carbonyl (C=O) groups excluding carboxylic acids is 3. The Hall–Kier alpha value is -3.53. The Bertz CT molecular complexity index is 1210. The van der Waals surface area contributed by atoms with E-state index in [0.29, 0.717) is 48.1 Å². The third-order valence-corrected chi connectivity index (χ3v) is 6.42. The second-order valence-corrected chi connectivity index (χ2v) is 8.45. The maximum atomic E-state index is 12.7. The minimum absolute atomic E-state index is 0.0174. The summed E-state index contributed by atoms with van der Waals surface area (Å²) >= 11 is 1.40. The normalized spacial score (nSPS) is 14.3. The number of nitrogens with zero attached hydrogens (tertiary/aromatic N) is 3. The van der Waals surface area contributed by atoms with E-state index in [9.17, 15) is 19.2 Å². The number of aromatic nitrogens is 2. The molecule has 0 saturated carbocycles. The number of hydrogen-bond donors (Lipinski definition) is 2. The fraction of sp³-hybridized carbons (Fsp3) is 0.318. The second kappa shape index (κ2) is 9.31. The molecule has 166 valence electrons. The lowest BCUT2D eigenvalue weighted by molar-refractivity contribution is -0.127. The lowest BCUT2D eigenvalue weighted by Crippen LogP contribution is -2.48. The highest BCUT2D eigenvalue weighted by atomic mass is 32.1. The molecule has 1 aromatic carbocycles. The van der Waals surface area contributed by atoms with Crippen LogP contribution in [0.1, 0.15) is 39.9 Å². The number of nitrogens with one attached hydrogen (secondary N) is 2. The summed E-state index contributed by atoms with van der Waals surface area (Å²) in [5.74, 6) is -1.23. The van der Waals surface area contributed by atoms with Crippen molar-refractivity contribution >= 4 is 39.8 Å². The third kappa shape index (κ3) is 4.26. The molecule has 1 saturated heterocycles. The SMILES string of the molecule is CCn1nc(C(=O)NNC(=O)C2CCN(C(=O)c3cccs3)CC2)c2ccccc2c1=O. The van der Waals surface area contributed by atoms with Crippen LogP contribution in [0.4, 0.5) is 0 Å². The number of fused-ring (bicyclic) bond motifs is 1. The van der Waals surface area contributed by atoms with Gasteiger partial charge in [0.2, 0.25) is 5.91 Å². The van der Waals surface area contributed by atoms with E-state index < -0.39 is 5.91 Å². The molecule has 4 rings (SSSR count). The zero-order chi connectivity index (χ0) is 22.7. The fourth-order valence-electron chi connectivity index (χ4n) is 3.80. The fourth-order valence-corrected chi connectivity index (χ4v) is 4.49. The maximum Gasteiger partial charge on any atom is 0.290 e. The molecule has 10 heteroatoms. The number of likely N-dealkylation sites (tertiary alicyclic amines) is 1. The molecule has 9 nitrogen and oxygen atoms in total. The molecule has 1 aliphatic rings. The van der Waals surface area contributed by atoms with Crippen molar-refractivity contribution in [3.8, 4) is 0 Å². The van der Waals surface area contributed by atoms with E-state index in [4.69, 9.17) is 0 Å². The molecule has 3 amide bonds. The molecule has 2 N–H and O–H groups in total. The van der Waals surface area contributed by atoms with E-state index in [1.807, 2.05) is 11.4 Å². The number of hydrogen-bond acceptors (Lipinski definition) is 6. The third-order valence-electron chi connectivity index (χ3n) is 5.57. The molecule has 0 bridgehead atoms. The van der Waals surface area contributed by atoms with Gasteiger partial charge < -0.3 is 4.90 Å². The van der Waals surface area contributed by atoms with Gasteiger partial charge in [0.25, 0.3) is 17.4 Å². The van der Waals surface area contributed by atoms with Gasteiger partial charge in [-0.1, -0.05) is 24.3 Å². The molecule has 0 spiro atoms. The van der Waals surface area contributed by atoms with Crippen molar-refractivity contribution in [1.29, 1.82) is 0 Å². The first kappa shape index (κ1) is 21.7. The lowest BCUT2D eigenvalue weighted by Gasteiger charge is -2.31. The van der Waals surface area contributed by atoms with Crippen LogP contribution in [0.5, 0.6) is 0 Å². The predicted octanol–water partition coefficient (Wildman–Crippen LogP) is 1.79. The van der Waals surface area contributed by atoms with E-state index >= 15 is 0 Å². The zero-order valence-electron chi connectivity index (χ0n) is 17.5. The largest absolute Gasteiger partial charge is 0.338 e. The van der Waals surface area contributed by atoms with Gasteiger partial charge in [-0.15, -0.1) is 11.3 Å². The van der Waals surface area contributed by atoms with E-state index in [-0.39, 0.29) is 29.0 Å². The van der Waals surface area contributed by atoms with Gasteiger partial charge in [-0.2, -0.15) is 5.10 Å². The summed E-state index contributed by atoms with van der Waals surface area (Å²) in [4.78, 5) is 52.6. The van der Waals surface area contributed by atoms with Crippen LogP contribution in [0.3, 0.4) is 0 Å². The summed E-state index contributed by atoms with van der Waals surface area (Å²) in [6.45, 7) is 3.05. The summed E-state index contributed by atoms with van der Waals surface area (Å²) in [5, 5.41) is 6.84. The number of thiophene rings is 1. The van der Waals surface area contributed by atoms with Crippen molar-refractivity contribution in [3.05, 3.63) is 62.7 Å². The number of aryl methyl sites for hydroxylation is 1. The number of amides is 3. The van der Waals surface area contributed by atoms with Crippen LogP contribution >= 0.6 is 11.3 Å². The van der Waals surface area contributed by atoms with Crippen molar-refractivity contribution in [2.24, 2.45) is 5.92 Å². The van der Waals surface area contributed by atoms with E-state index in [1.54, 1.807) is 42.2 Å². The van der Waals surface area contributed by atoms with Gasteiger partial charge in [0.05, 0.1) is 10.3 Å². The molecule has 0 atom stereocenters. The van der Waals surface area contributed by atoms with Gasteiger partial charge in [-0.05, 0) is 37.3 Å². The lowest BCUT2D eigenvalue weighted by atomic mass is 9.96. The number of piperidine rings is 1. The van der Waals surface area contributed by atoms with Gasteiger partial charge in [-0.3, -0.25) is 30.0 Å². The van der Waals surface area contributed by atoms with Gasteiger partial charge in [0.15, 0.2) is 5.69 Å². The standard InChI is InChI=1S/C22H23N5O4S/c1-2-27-21(30)16-7-4-3-6-15(16)18(25-27)20(29)24-23-19(28)14-9-11-26(12-10-14)22(31)17-8-5-13-32-17/h3-8,13-14H,2,9-12H2,1H3,(H,23,28)(H,24,29). The van der Waals surface area contributed by atoms with Crippen LogP contribution in [0.15, 0.2) is 46.6 Å². The Morgan fingerprint density at radius 2 is 1.78 bits per heavy atom. The summed E-state index contributed by atoms with van der Waals surface area (Å²) < 4.78 is 1.22. The van der Waals surface area contributed by atoms with E-state index in [2.05, 4.69) is 16.0 Å². The highest BCUT2D eigenvalue weighted by molar-refractivity contribution is 7.12. The number of hydrazine groups is 1. The van der Waals surface area contributed by atoms with Gasteiger partial charge in [0.1, 0.15) is 0 Å². The van der Waals surface area contributed by atoms with Crippen molar-refractivity contribution < 1.29 is 14.4 Å². The topological polar surface area (TPSA) is 113 Å². The molecule has 1 aliphatic heterocycles. The quantitative estimate of drug-likeness (QED) is 0.585. The summed E-state index contributed by atoms with van der Waals surface area (Å²) in [6, 6.07) is 10.4. The summed E-state index contributed by atoms with van der Waals surface area (Å²) in [5.41, 5.74) is 4.69. The second-order valence-electron chi connectivity index (χ2n) is 7.50. The zero-order valence-corrected chi connectivity index (χ0v) is 18.4. The van der Waals surface area contributed by atoms with Crippen LogP contribution < -0.4 is 16.4 Å². The van der Waals surface area contributed by atoms with Gasteiger partial charge in [-0.25, -0.2) is 4.68 Å². The van der Waals surface area contributed by atoms with E-state index in [1.165, 1.54) is 16.0 Å². The summed E-state index contributed by atoms with van der Waals surface area (Å²) in [6.07, 6.45) is 1.03. The van der Waals surface area contributed by atoms with Crippen molar-refractivity contribution in [1.82, 2.24) is 25.5 Å². The maximum absolute atomic E-state index is 12.7. The predicted molar refractivity (Wildman–Crippen MR) is 120 cm³/mol. The smallest absolute Gasteiger partial charge is 0.290 e. The number of benzene rings is 1. The van der Waals surface area contributed by atoms with Crippen LogP contribution in [0.25, 0.3) is 10.8 Å². The minimum atomic E-state index is -0.595. The van der Waals surface area contributed by atoms with Crippen molar-refractivity contribution in [3.63, 3.8) is 0 Å². The van der Waals surface area contributed by atoms with Gasteiger partial charge >= 0.3 is 0 Å². The molecule has 3 aromatic rings. The Labute approximate surface area is 188 Å². The number of rotatable bonds is 4. The molecule has 32 heavy (non-hydrogen) atoms. The van der Waals surface area contributed by atoms with Crippen LogP contribution in [0.2, 0.25) is 0 Å². The average molecular weight is 454 g/mol. The Kier molecular flexibility index (Phi) is 6.31. The molecule has 0 unspecified atom stereocenters. The molecule has 1 fully saturated rings. The first-order valence-electron chi connectivity index (χ1n) is 10.4. The van der Waals surface area contributed by atoms with Crippen LogP contribution in [0, 0.1) is 5.92 Å². The highest BCUT2D eigenvalue weighted by Gasteiger charge is 2.28. The Morgan fingerprint density at radius 1 is 1.06 bits per heavy atom. The average Bonchev–Trinajstić information content (AvgIpc) is 3.37. The molecule has 0 radical (unpaired) electrons. The van der Waals surface area contributed by atoms with Crippen molar-refractivity contribution in [2.75, 3.05) is 13.1 Å². The minimum Gasteiger partial charge on any atom is -0.338 e. The monoisotopic (exact) mass is 453 g/mol. The first-order valence-corrected chi connectivity index (χ1v) is 11.3. The molecular formula is C22H23N5O4S. The number of carbonyl (C=O) groups is 3. The Morgan fingerprint density at radius 3 is 2.44 bits per heavy atom. The Balaban J connectivity index is 1.38. The van der Waals surface area contributed by atoms with Gasteiger partial charge in [0, 0.05) is 30.9 Å². The van der Waals surface area contributed by atoms with Crippen LogP contribution in [-0.2, 0) is 11.3 Å². The molecular weight excluding hydrogens is 430 g/mol. The highest BCUT2D eigenvalue weighted by Crippen LogP contribution is 2.21. The molecule has 2 aromatic heterocycles. The molecule has 3 heterocycles. The summed E-state index contributed by atoms with van der Waals surface area (Å²) in [7, 11) is 0. The molecule has 0 aliphatic carbocycles. The van der Waals surface area contributed by atoms with Crippen molar-refractivity contribution in [2.45, 2.75) is 26.3 Å². The first-order chi connectivity index (χ1) is 15.5. The van der Waals surface area contributed by atoms with Crippen LogP contribution in [-0.4, -0.2) is 45.5 Å². The van der Waals surface area contributed by atoms with E-state index in [0.717, 1.165) is 0 Å².